The van der Waals surface area contributed by atoms with E-state index in [4.69, 9.17) is 9.47 Å². The zero-order valence-electron chi connectivity index (χ0n) is 11.3. The molecule has 0 unspecified atom stereocenters. The van der Waals surface area contributed by atoms with Gasteiger partial charge in [0.2, 0.25) is 0 Å². The third kappa shape index (κ3) is 2.79. The zero-order chi connectivity index (χ0) is 13.7. The first-order valence-corrected chi connectivity index (χ1v) is 6.21. The van der Waals surface area contributed by atoms with E-state index in [1.807, 2.05) is 36.4 Å². The molecule has 2 heteroatoms. The average molecular weight is 254 g/mol. The lowest BCUT2D eigenvalue weighted by Crippen LogP contribution is -1.93. The number of methoxy groups -OCH3 is 2. The quantitative estimate of drug-likeness (QED) is 0.748. The van der Waals surface area contributed by atoms with E-state index in [-0.39, 0.29) is 0 Å². The Hall–Kier alpha value is -2.22. The molecule has 0 saturated carbocycles. The van der Waals surface area contributed by atoms with Crippen molar-refractivity contribution in [3.05, 3.63) is 60.7 Å². The summed E-state index contributed by atoms with van der Waals surface area (Å²) in [5.74, 6) is 1.76. The largest absolute Gasteiger partial charge is 0.496 e. The summed E-state index contributed by atoms with van der Waals surface area (Å²) < 4.78 is 10.8. The van der Waals surface area contributed by atoms with Gasteiger partial charge in [-0.15, -0.1) is 6.58 Å². The van der Waals surface area contributed by atoms with Gasteiger partial charge in [0.15, 0.2) is 0 Å². The Kier molecular flexibility index (Phi) is 4.24. The molecule has 0 saturated heterocycles. The van der Waals surface area contributed by atoms with Crippen LogP contribution in [0, 0.1) is 0 Å². The van der Waals surface area contributed by atoms with Crippen molar-refractivity contribution in [3.63, 3.8) is 0 Å². The summed E-state index contributed by atoms with van der Waals surface area (Å²) in [5.41, 5.74) is 3.33. The fourth-order valence-corrected chi connectivity index (χ4v) is 2.14. The van der Waals surface area contributed by atoms with Gasteiger partial charge >= 0.3 is 0 Å². The molecular formula is C17H18O2. The number of rotatable bonds is 5. The Labute approximate surface area is 114 Å². The molecule has 2 nitrogen and oxygen atoms in total. The van der Waals surface area contributed by atoms with Crippen molar-refractivity contribution in [3.8, 4) is 22.6 Å². The van der Waals surface area contributed by atoms with Gasteiger partial charge in [0.1, 0.15) is 11.5 Å². The first-order chi connectivity index (χ1) is 9.30. The topological polar surface area (TPSA) is 18.5 Å². The van der Waals surface area contributed by atoms with E-state index >= 15 is 0 Å². The molecule has 2 rings (SSSR count). The van der Waals surface area contributed by atoms with Crippen LogP contribution in [0.3, 0.4) is 0 Å². The maximum atomic E-state index is 5.40. The minimum Gasteiger partial charge on any atom is -0.496 e. The molecule has 0 aliphatic carbocycles. The van der Waals surface area contributed by atoms with E-state index in [2.05, 4.69) is 18.7 Å². The van der Waals surface area contributed by atoms with Gasteiger partial charge < -0.3 is 9.47 Å². The van der Waals surface area contributed by atoms with Crippen LogP contribution in [-0.4, -0.2) is 14.2 Å². The van der Waals surface area contributed by atoms with Gasteiger partial charge in [-0.2, -0.15) is 0 Å². The second kappa shape index (κ2) is 6.10. The summed E-state index contributed by atoms with van der Waals surface area (Å²) in [4.78, 5) is 0. The first-order valence-electron chi connectivity index (χ1n) is 6.21. The molecule has 0 spiro atoms. The number of benzene rings is 2. The van der Waals surface area contributed by atoms with Gasteiger partial charge in [-0.3, -0.25) is 0 Å². The lowest BCUT2D eigenvalue weighted by molar-refractivity contribution is 0.410. The normalized spacial score (nSPS) is 10.0. The van der Waals surface area contributed by atoms with Crippen molar-refractivity contribution >= 4 is 0 Å². The highest BCUT2D eigenvalue weighted by Crippen LogP contribution is 2.32. The minimum absolute atomic E-state index is 0.784. The van der Waals surface area contributed by atoms with Gasteiger partial charge in [-0.05, 0) is 35.7 Å². The van der Waals surface area contributed by atoms with E-state index in [1.54, 1.807) is 14.2 Å². The molecule has 2 aromatic rings. The minimum atomic E-state index is 0.784. The first kappa shape index (κ1) is 13.2. The standard InChI is InChI=1S/C17H18O2/c1-4-7-14-12-13(10-11-16(14)18-2)15-8-5-6-9-17(15)19-3/h4-6,8-12H,1,7H2,2-3H3. The molecule has 0 aliphatic heterocycles. The van der Waals surface area contributed by atoms with Crippen molar-refractivity contribution in [1.29, 1.82) is 0 Å². The Morgan fingerprint density at radius 2 is 1.74 bits per heavy atom. The lowest BCUT2D eigenvalue weighted by Gasteiger charge is -2.12. The molecule has 0 amide bonds. The highest BCUT2D eigenvalue weighted by molar-refractivity contribution is 5.72. The lowest BCUT2D eigenvalue weighted by atomic mass is 10.00. The van der Waals surface area contributed by atoms with Gasteiger partial charge in [-0.25, -0.2) is 0 Å². The second-order valence-corrected chi connectivity index (χ2v) is 4.22. The van der Waals surface area contributed by atoms with E-state index in [1.165, 1.54) is 0 Å². The molecular weight excluding hydrogens is 236 g/mol. The number of ether oxygens (including phenoxy) is 2. The SMILES string of the molecule is C=CCc1cc(-c2ccccc2OC)ccc1OC. The van der Waals surface area contributed by atoms with Crippen LogP contribution < -0.4 is 9.47 Å². The summed E-state index contributed by atoms with van der Waals surface area (Å²) in [6.45, 7) is 3.79. The monoisotopic (exact) mass is 254 g/mol. The van der Waals surface area contributed by atoms with E-state index in [0.29, 0.717) is 0 Å². The highest BCUT2D eigenvalue weighted by Gasteiger charge is 2.08. The molecule has 2 aromatic carbocycles. The summed E-state index contributed by atoms with van der Waals surface area (Å²) in [6.07, 6.45) is 2.66. The van der Waals surface area contributed by atoms with Crippen LogP contribution in [0.2, 0.25) is 0 Å². The molecule has 0 N–H and O–H groups in total. The van der Waals surface area contributed by atoms with Gasteiger partial charge in [0, 0.05) is 5.56 Å². The molecule has 0 atom stereocenters. The van der Waals surface area contributed by atoms with Crippen LogP contribution in [0.4, 0.5) is 0 Å². The molecule has 0 radical (unpaired) electrons. The zero-order valence-corrected chi connectivity index (χ0v) is 11.3. The van der Waals surface area contributed by atoms with Crippen LogP contribution >= 0.6 is 0 Å². The summed E-state index contributed by atoms with van der Waals surface area (Å²) in [5, 5.41) is 0. The third-order valence-electron chi connectivity index (χ3n) is 3.06. The van der Waals surface area contributed by atoms with Crippen molar-refractivity contribution < 1.29 is 9.47 Å². The van der Waals surface area contributed by atoms with Crippen LogP contribution in [0.15, 0.2) is 55.1 Å². The van der Waals surface area contributed by atoms with Crippen molar-refractivity contribution in [2.45, 2.75) is 6.42 Å². The Morgan fingerprint density at radius 1 is 1.00 bits per heavy atom. The van der Waals surface area contributed by atoms with Crippen molar-refractivity contribution in [1.82, 2.24) is 0 Å². The molecule has 19 heavy (non-hydrogen) atoms. The van der Waals surface area contributed by atoms with E-state index < -0.39 is 0 Å². The second-order valence-electron chi connectivity index (χ2n) is 4.22. The smallest absolute Gasteiger partial charge is 0.126 e. The highest BCUT2D eigenvalue weighted by atomic mass is 16.5. The third-order valence-corrected chi connectivity index (χ3v) is 3.06. The van der Waals surface area contributed by atoms with Crippen LogP contribution in [0.25, 0.3) is 11.1 Å². The number of allylic oxidation sites excluding steroid dienone is 1. The number of hydrogen-bond acceptors (Lipinski definition) is 2. The van der Waals surface area contributed by atoms with Crippen molar-refractivity contribution in [2.75, 3.05) is 14.2 Å². The molecule has 98 valence electrons. The average Bonchev–Trinajstić information content (AvgIpc) is 2.47. The number of hydrogen-bond donors (Lipinski definition) is 0. The van der Waals surface area contributed by atoms with E-state index in [0.717, 1.165) is 34.6 Å². The molecule has 0 fully saturated rings. The molecule has 0 heterocycles. The summed E-state index contributed by atoms with van der Waals surface area (Å²) in [6, 6.07) is 14.2. The van der Waals surface area contributed by atoms with Gasteiger partial charge in [0.05, 0.1) is 14.2 Å². The Morgan fingerprint density at radius 3 is 2.42 bits per heavy atom. The molecule has 0 aromatic heterocycles. The van der Waals surface area contributed by atoms with Gasteiger partial charge in [0.25, 0.3) is 0 Å². The molecule has 0 aliphatic rings. The van der Waals surface area contributed by atoms with Crippen LogP contribution in [0.5, 0.6) is 11.5 Å². The Bertz CT molecular complexity index is 573. The van der Waals surface area contributed by atoms with Gasteiger partial charge in [-0.1, -0.05) is 30.3 Å². The van der Waals surface area contributed by atoms with E-state index in [9.17, 15) is 0 Å². The molecule has 0 bridgehead atoms. The van der Waals surface area contributed by atoms with Crippen LogP contribution in [0.1, 0.15) is 5.56 Å². The predicted octanol–water partition coefficient (Wildman–Crippen LogP) is 4.10. The fourth-order valence-electron chi connectivity index (χ4n) is 2.14. The predicted molar refractivity (Wildman–Crippen MR) is 78.9 cm³/mol. The van der Waals surface area contributed by atoms with Crippen molar-refractivity contribution in [2.24, 2.45) is 0 Å². The summed E-state index contributed by atoms with van der Waals surface area (Å²) >= 11 is 0. The maximum absolute atomic E-state index is 5.40. The summed E-state index contributed by atoms with van der Waals surface area (Å²) in [7, 11) is 3.37. The Balaban J connectivity index is 2.50. The van der Waals surface area contributed by atoms with Crippen LogP contribution in [-0.2, 0) is 6.42 Å². The number of para-hydroxylation sites is 1. The maximum Gasteiger partial charge on any atom is 0.126 e. The fraction of sp³-hybridized carbons (Fsp3) is 0.176.